The van der Waals surface area contributed by atoms with Gasteiger partial charge in [-0.15, -0.1) is 0 Å². The number of rotatable bonds is 1. The van der Waals surface area contributed by atoms with E-state index in [0.717, 1.165) is 11.3 Å². The zero-order valence-corrected chi connectivity index (χ0v) is 10.8. The standard InChI is InChI=1S/C14H17NO3/c1-9-8-12(14(17)18-3)11-6-4-5-7-13(11)15(9)10(2)16/h4-7,9,12H,8H2,1-3H3. The molecule has 1 aliphatic heterocycles. The SMILES string of the molecule is COC(=O)C1CC(C)N(C(C)=O)c2ccccc21. The molecule has 0 radical (unpaired) electrons. The predicted octanol–water partition coefficient (Wildman–Crippen LogP) is 2.09. The van der Waals surface area contributed by atoms with E-state index < -0.39 is 0 Å². The molecule has 1 aromatic rings. The van der Waals surface area contributed by atoms with Gasteiger partial charge in [0.05, 0.1) is 13.0 Å². The Morgan fingerprint density at radius 3 is 2.61 bits per heavy atom. The van der Waals surface area contributed by atoms with Crippen molar-refractivity contribution in [3.8, 4) is 0 Å². The Labute approximate surface area is 107 Å². The minimum absolute atomic E-state index is 0.00139. The van der Waals surface area contributed by atoms with Gasteiger partial charge in [0.15, 0.2) is 0 Å². The molecular formula is C14H17NO3. The van der Waals surface area contributed by atoms with Crippen LogP contribution in [-0.2, 0) is 14.3 Å². The van der Waals surface area contributed by atoms with Crippen LogP contribution in [0.4, 0.5) is 5.69 Å². The van der Waals surface area contributed by atoms with Crippen molar-refractivity contribution in [2.45, 2.75) is 32.2 Å². The third-order valence-electron chi connectivity index (χ3n) is 3.41. The Morgan fingerprint density at radius 2 is 2.00 bits per heavy atom. The van der Waals surface area contributed by atoms with Crippen molar-refractivity contribution in [2.24, 2.45) is 0 Å². The van der Waals surface area contributed by atoms with Gasteiger partial charge in [0.25, 0.3) is 0 Å². The van der Waals surface area contributed by atoms with Crippen molar-refractivity contribution in [1.29, 1.82) is 0 Å². The summed E-state index contributed by atoms with van der Waals surface area (Å²) in [5.74, 6) is -0.521. The first-order chi connectivity index (χ1) is 8.56. The number of benzene rings is 1. The first-order valence-electron chi connectivity index (χ1n) is 6.02. The molecule has 0 saturated heterocycles. The summed E-state index contributed by atoms with van der Waals surface area (Å²) in [6, 6.07) is 7.52. The van der Waals surface area contributed by atoms with Crippen LogP contribution < -0.4 is 4.90 Å². The lowest BCUT2D eigenvalue weighted by Crippen LogP contribution is -2.43. The van der Waals surface area contributed by atoms with Crippen LogP contribution in [0, 0.1) is 0 Å². The fraction of sp³-hybridized carbons (Fsp3) is 0.429. The first-order valence-corrected chi connectivity index (χ1v) is 6.02. The Kier molecular flexibility index (Phi) is 3.36. The molecule has 0 aliphatic carbocycles. The second-order valence-electron chi connectivity index (χ2n) is 4.61. The molecule has 0 fully saturated rings. The molecule has 0 bridgehead atoms. The summed E-state index contributed by atoms with van der Waals surface area (Å²) >= 11 is 0. The van der Waals surface area contributed by atoms with Crippen LogP contribution in [0.25, 0.3) is 0 Å². The smallest absolute Gasteiger partial charge is 0.313 e. The fourth-order valence-corrected chi connectivity index (χ4v) is 2.66. The lowest BCUT2D eigenvalue weighted by atomic mass is 9.86. The van der Waals surface area contributed by atoms with Gasteiger partial charge in [-0.05, 0) is 25.0 Å². The molecule has 1 aromatic carbocycles. The van der Waals surface area contributed by atoms with E-state index in [-0.39, 0.29) is 23.8 Å². The van der Waals surface area contributed by atoms with Gasteiger partial charge in [0, 0.05) is 18.7 Å². The largest absolute Gasteiger partial charge is 0.469 e. The summed E-state index contributed by atoms with van der Waals surface area (Å²) in [6.45, 7) is 3.50. The average Bonchev–Trinajstić information content (AvgIpc) is 2.36. The van der Waals surface area contributed by atoms with Crippen molar-refractivity contribution >= 4 is 17.6 Å². The van der Waals surface area contributed by atoms with Crippen LogP contribution in [0.3, 0.4) is 0 Å². The number of esters is 1. The highest BCUT2D eigenvalue weighted by Crippen LogP contribution is 2.38. The van der Waals surface area contributed by atoms with Gasteiger partial charge in [0.2, 0.25) is 5.91 Å². The molecule has 0 spiro atoms. The van der Waals surface area contributed by atoms with E-state index in [1.54, 1.807) is 11.8 Å². The lowest BCUT2D eigenvalue weighted by molar-refractivity contribution is -0.143. The Bertz CT molecular complexity index is 484. The summed E-state index contributed by atoms with van der Waals surface area (Å²) in [5.41, 5.74) is 1.69. The normalized spacial score (nSPS) is 22.3. The van der Waals surface area contributed by atoms with Crippen LogP contribution >= 0.6 is 0 Å². The van der Waals surface area contributed by atoms with Gasteiger partial charge in [-0.1, -0.05) is 18.2 Å². The Balaban J connectivity index is 2.50. The minimum Gasteiger partial charge on any atom is -0.469 e. The van der Waals surface area contributed by atoms with E-state index in [0.29, 0.717) is 6.42 Å². The molecule has 4 nitrogen and oxygen atoms in total. The first kappa shape index (κ1) is 12.6. The summed E-state index contributed by atoms with van der Waals surface area (Å²) in [5, 5.41) is 0. The molecule has 2 unspecified atom stereocenters. The van der Waals surface area contributed by atoms with Gasteiger partial charge < -0.3 is 9.64 Å². The summed E-state index contributed by atoms with van der Waals surface area (Å²) < 4.78 is 4.85. The number of para-hydroxylation sites is 1. The second kappa shape index (κ2) is 4.80. The molecule has 18 heavy (non-hydrogen) atoms. The maximum Gasteiger partial charge on any atom is 0.313 e. The topological polar surface area (TPSA) is 46.6 Å². The number of carbonyl (C=O) groups excluding carboxylic acids is 2. The summed E-state index contributed by atoms with van der Waals surface area (Å²) in [6.07, 6.45) is 0.600. The van der Waals surface area contributed by atoms with Crippen LogP contribution in [0.2, 0.25) is 0 Å². The Hall–Kier alpha value is -1.84. The van der Waals surface area contributed by atoms with Gasteiger partial charge in [-0.2, -0.15) is 0 Å². The number of hydrogen-bond donors (Lipinski definition) is 0. The highest BCUT2D eigenvalue weighted by molar-refractivity contribution is 5.95. The third-order valence-corrected chi connectivity index (χ3v) is 3.41. The van der Waals surface area contributed by atoms with Crippen molar-refractivity contribution in [2.75, 3.05) is 12.0 Å². The van der Waals surface area contributed by atoms with Gasteiger partial charge in [0.1, 0.15) is 0 Å². The molecule has 1 amide bonds. The number of anilines is 1. The van der Waals surface area contributed by atoms with E-state index in [1.165, 1.54) is 7.11 Å². The molecule has 0 saturated carbocycles. The quantitative estimate of drug-likeness (QED) is 0.714. The van der Waals surface area contributed by atoms with Crippen molar-refractivity contribution in [3.05, 3.63) is 29.8 Å². The van der Waals surface area contributed by atoms with Crippen LogP contribution in [-0.4, -0.2) is 25.0 Å². The number of ether oxygens (including phenoxy) is 1. The van der Waals surface area contributed by atoms with E-state index in [4.69, 9.17) is 4.74 Å². The molecule has 2 atom stereocenters. The minimum atomic E-state index is -0.281. The van der Waals surface area contributed by atoms with Crippen LogP contribution in [0.5, 0.6) is 0 Å². The molecule has 1 aliphatic rings. The predicted molar refractivity (Wildman–Crippen MR) is 68.4 cm³/mol. The molecule has 1 heterocycles. The lowest BCUT2D eigenvalue weighted by Gasteiger charge is -2.37. The fourth-order valence-electron chi connectivity index (χ4n) is 2.66. The van der Waals surface area contributed by atoms with Gasteiger partial charge in [-0.3, -0.25) is 9.59 Å². The monoisotopic (exact) mass is 247 g/mol. The van der Waals surface area contributed by atoms with Crippen LogP contribution in [0.1, 0.15) is 31.7 Å². The zero-order valence-electron chi connectivity index (χ0n) is 10.8. The molecule has 4 heteroatoms. The van der Waals surface area contributed by atoms with E-state index in [9.17, 15) is 9.59 Å². The summed E-state index contributed by atoms with van der Waals surface area (Å²) in [4.78, 5) is 25.3. The number of nitrogens with zero attached hydrogens (tertiary/aromatic N) is 1. The van der Waals surface area contributed by atoms with Crippen molar-refractivity contribution in [3.63, 3.8) is 0 Å². The number of hydrogen-bond acceptors (Lipinski definition) is 3. The molecule has 0 N–H and O–H groups in total. The number of amides is 1. The number of fused-ring (bicyclic) bond motifs is 1. The highest BCUT2D eigenvalue weighted by atomic mass is 16.5. The third kappa shape index (κ3) is 1.98. The molecular weight excluding hydrogens is 230 g/mol. The molecule has 96 valence electrons. The Morgan fingerprint density at radius 1 is 1.33 bits per heavy atom. The van der Waals surface area contributed by atoms with Gasteiger partial charge >= 0.3 is 5.97 Å². The van der Waals surface area contributed by atoms with E-state index in [1.807, 2.05) is 31.2 Å². The van der Waals surface area contributed by atoms with E-state index >= 15 is 0 Å². The zero-order chi connectivity index (χ0) is 13.3. The molecule has 0 aromatic heterocycles. The maximum atomic E-state index is 11.8. The van der Waals surface area contributed by atoms with Gasteiger partial charge in [-0.25, -0.2) is 0 Å². The van der Waals surface area contributed by atoms with Crippen molar-refractivity contribution in [1.82, 2.24) is 0 Å². The number of methoxy groups -OCH3 is 1. The second-order valence-corrected chi connectivity index (χ2v) is 4.61. The summed E-state index contributed by atoms with van der Waals surface area (Å²) in [7, 11) is 1.40. The average molecular weight is 247 g/mol. The van der Waals surface area contributed by atoms with E-state index in [2.05, 4.69) is 0 Å². The van der Waals surface area contributed by atoms with Crippen molar-refractivity contribution < 1.29 is 14.3 Å². The maximum absolute atomic E-state index is 11.8. The van der Waals surface area contributed by atoms with Crippen LogP contribution in [0.15, 0.2) is 24.3 Å². The number of carbonyl (C=O) groups is 2. The highest BCUT2D eigenvalue weighted by Gasteiger charge is 2.36. The molecule has 2 rings (SSSR count).